The molecule has 0 aliphatic carbocycles. The first-order valence-electron chi connectivity index (χ1n) is 5.84. The number of carboxylic acids is 1. The summed E-state index contributed by atoms with van der Waals surface area (Å²) >= 11 is 5.58. The van der Waals surface area contributed by atoms with Gasteiger partial charge in [-0.05, 0) is 25.0 Å². The molecule has 100 valence electrons. The van der Waals surface area contributed by atoms with Gasteiger partial charge in [0.25, 0.3) is 11.8 Å². The van der Waals surface area contributed by atoms with Gasteiger partial charge in [-0.25, -0.2) is 0 Å². The first-order chi connectivity index (χ1) is 9.02. The van der Waals surface area contributed by atoms with Crippen LogP contribution in [0.1, 0.15) is 33.6 Å². The minimum Gasteiger partial charge on any atom is -0.480 e. The van der Waals surface area contributed by atoms with Gasteiger partial charge in [-0.15, -0.1) is 11.6 Å². The highest BCUT2D eigenvalue weighted by Crippen LogP contribution is 2.22. The maximum Gasteiger partial charge on any atom is 0.321 e. The molecule has 1 N–H and O–H groups in total. The zero-order chi connectivity index (χ0) is 14.0. The molecule has 1 unspecified atom stereocenters. The lowest BCUT2D eigenvalue weighted by molar-refractivity contribution is -0.136. The molecule has 0 bridgehead atoms. The maximum atomic E-state index is 12.0. The molecule has 5 nitrogen and oxygen atoms in total. The van der Waals surface area contributed by atoms with Crippen molar-refractivity contribution in [2.24, 2.45) is 0 Å². The Labute approximate surface area is 114 Å². The predicted molar refractivity (Wildman–Crippen MR) is 68.3 cm³/mol. The molecule has 19 heavy (non-hydrogen) atoms. The number of imide groups is 1. The zero-order valence-electron chi connectivity index (χ0n) is 10.0. The van der Waals surface area contributed by atoms with Crippen LogP contribution in [0.4, 0.5) is 0 Å². The molecule has 0 aromatic heterocycles. The van der Waals surface area contributed by atoms with Crippen LogP contribution in [0.2, 0.25) is 0 Å². The van der Waals surface area contributed by atoms with E-state index in [-0.39, 0.29) is 24.8 Å². The Hall–Kier alpha value is -1.88. The molecule has 0 radical (unpaired) electrons. The Morgan fingerprint density at radius 1 is 1.21 bits per heavy atom. The number of carbonyl (C=O) groups is 3. The topological polar surface area (TPSA) is 74.7 Å². The molecule has 6 heteroatoms. The fourth-order valence-corrected chi connectivity index (χ4v) is 2.15. The number of rotatable bonds is 5. The van der Waals surface area contributed by atoms with Gasteiger partial charge < -0.3 is 5.11 Å². The van der Waals surface area contributed by atoms with E-state index in [1.165, 1.54) is 0 Å². The van der Waals surface area contributed by atoms with Crippen LogP contribution in [0.15, 0.2) is 24.3 Å². The molecule has 1 atom stereocenters. The van der Waals surface area contributed by atoms with Crippen molar-refractivity contribution in [3.8, 4) is 0 Å². The second-order valence-electron chi connectivity index (χ2n) is 4.26. The fraction of sp³-hybridized carbons (Fsp3) is 0.308. The van der Waals surface area contributed by atoms with E-state index >= 15 is 0 Å². The SMILES string of the molecule is O=C(O)C(Cl)CCCN1C(=O)c2ccccc2C1=O. The molecule has 2 amide bonds. The summed E-state index contributed by atoms with van der Waals surface area (Å²) in [5, 5.41) is 7.65. The van der Waals surface area contributed by atoms with Crippen molar-refractivity contribution in [3.05, 3.63) is 35.4 Å². The Morgan fingerprint density at radius 2 is 1.74 bits per heavy atom. The van der Waals surface area contributed by atoms with E-state index in [1.807, 2.05) is 0 Å². The number of carboxylic acid groups (broad SMARTS) is 1. The number of aliphatic carboxylic acids is 1. The van der Waals surface area contributed by atoms with E-state index in [9.17, 15) is 14.4 Å². The standard InChI is InChI=1S/C13H12ClNO4/c14-10(13(18)19)6-3-7-15-11(16)8-4-1-2-5-9(8)12(15)17/h1-2,4-5,10H,3,6-7H2,(H,18,19). The molecule has 0 saturated carbocycles. The number of halogens is 1. The van der Waals surface area contributed by atoms with Crippen molar-refractivity contribution in [1.82, 2.24) is 4.90 Å². The second-order valence-corrected chi connectivity index (χ2v) is 4.78. The number of amides is 2. The number of nitrogens with zero attached hydrogens (tertiary/aromatic N) is 1. The summed E-state index contributed by atoms with van der Waals surface area (Å²) in [7, 11) is 0. The number of fused-ring (bicyclic) bond motifs is 1. The van der Waals surface area contributed by atoms with Gasteiger partial charge in [0.05, 0.1) is 11.1 Å². The molecule has 1 aromatic rings. The fourth-order valence-electron chi connectivity index (χ4n) is 1.99. The van der Waals surface area contributed by atoms with Gasteiger partial charge in [0, 0.05) is 6.54 Å². The molecular weight excluding hydrogens is 270 g/mol. The number of benzene rings is 1. The van der Waals surface area contributed by atoms with Crippen LogP contribution < -0.4 is 0 Å². The van der Waals surface area contributed by atoms with Crippen LogP contribution in [-0.2, 0) is 4.79 Å². The van der Waals surface area contributed by atoms with Crippen LogP contribution in [0.25, 0.3) is 0 Å². The van der Waals surface area contributed by atoms with E-state index in [2.05, 4.69) is 0 Å². The van der Waals surface area contributed by atoms with E-state index < -0.39 is 11.3 Å². The number of alkyl halides is 1. The van der Waals surface area contributed by atoms with E-state index in [0.29, 0.717) is 17.5 Å². The Balaban J connectivity index is 1.99. The van der Waals surface area contributed by atoms with Crippen LogP contribution in [0, 0.1) is 0 Å². The quantitative estimate of drug-likeness (QED) is 0.659. The van der Waals surface area contributed by atoms with Gasteiger partial charge in [0.15, 0.2) is 0 Å². The van der Waals surface area contributed by atoms with Crippen LogP contribution >= 0.6 is 11.6 Å². The normalized spacial score (nSPS) is 15.5. The number of hydrogen-bond acceptors (Lipinski definition) is 3. The molecule has 0 fully saturated rings. The van der Waals surface area contributed by atoms with Crippen molar-refractivity contribution in [1.29, 1.82) is 0 Å². The Morgan fingerprint density at radius 3 is 2.21 bits per heavy atom. The highest BCUT2D eigenvalue weighted by atomic mass is 35.5. The van der Waals surface area contributed by atoms with Crippen LogP contribution in [0.3, 0.4) is 0 Å². The summed E-state index contributed by atoms with van der Waals surface area (Å²) in [6, 6.07) is 6.62. The van der Waals surface area contributed by atoms with Gasteiger partial charge in [-0.2, -0.15) is 0 Å². The smallest absolute Gasteiger partial charge is 0.321 e. The molecule has 1 aromatic carbocycles. The predicted octanol–water partition coefficient (Wildman–Crippen LogP) is 1.75. The number of carbonyl (C=O) groups excluding carboxylic acids is 2. The lowest BCUT2D eigenvalue weighted by Crippen LogP contribution is -2.31. The van der Waals surface area contributed by atoms with Gasteiger partial charge in [0.1, 0.15) is 5.38 Å². The third kappa shape index (κ3) is 2.61. The summed E-state index contributed by atoms with van der Waals surface area (Å²) in [5.74, 6) is -1.76. The third-order valence-corrected chi connectivity index (χ3v) is 3.39. The first kappa shape index (κ1) is 13.5. The van der Waals surface area contributed by atoms with E-state index in [4.69, 9.17) is 16.7 Å². The van der Waals surface area contributed by atoms with Crippen molar-refractivity contribution in [2.75, 3.05) is 6.54 Å². The molecule has 1 aliphatic rings. The van der Waals surface area contributed by atoms with Crippen LogP contribution in [0.5, 0.6) is 0 Å². The molecule has 1 aliphatic heterocycles. The zero-order valence-corrected chi connectivity index (χ0v) is 10.8. The first-order valence-corrected chi connectivity index (χ1v) is 6.28. The molecule has 0 spiro atoms. The minimum atomic E-state index is -1.09. The summed E-state index contributed by atoms with van der Waals surface area (Å²) in [6.45, 7) is 0.183. The van der Waals surface area contributed by atoms with Crippen LogP contribution in [-0.4, -0.2) is 39.7 Å². The summed E-state index contributed by atoms with van der Waals surface area (Å²) in [6.07, 6.45) is 0.580. The molecular formula is C13H12ClNO4. The average molecular weight is 282 g/mol. The monoisotopic (exact) mass is 281 g/mol. The van der Waals surface area contributed by atoms with Crippen molar-refractivity contribution >= 4 is 29.4 Å². The summed E-state index contributed by atoms with van der Waals surface area (Å²) in [5.41, 5.74) is 0.793. The highest BCUT2D eigenvalue weighted by molar-refractivity contribution is 6.29. The third-order valence-electron chi connectivity index (χ3n) is 2.99. The van der Waals surface area contributed by atoms with Gasteiger partial charge >= 0.3 is 5.97 Å². The second kappa shape index (κ2) is 5.40. The summed E-state index contributed by atoms with van der Waals surface area (Å²) in [4.78, 5) is 35.6. The van der Waals surface area contributed by atoms with Crippen molar-refractivity contribution < 1.29 is 19.5 Å². The van der Waals surface area contributed by atoms with Crippen molar-refractivity contribution in [3.63, 3.8) is 0 Å². The highest BCUT2D eigenvalue weighted by Gasteiger charge is 2.34. The van der Waals surface area contributed by atoms with Gasteiger partial charge in [-0.3, -0.25) is 19.3 Å². The average Bonchev–Trinajstić information content (AvgIpc) is 2.64. The summed E-state index contributed by atoms with van der Waals surface area (Å²) < 4.78 is 0. The van der Waals surface area contributed by atoms with Gasteiger partial charge in [-0.1, -0.05) is 12.1 Å². The lowest BCUT2D eigenvalue weighted by atomic mass is 10.1. The van der Waals surface area contributed by atoms with Gasteiger partial charge in [0.2, 0.25) is 0 Å². The lowest BCUT2D eigenvalue weighted by Gasteiger charge is -2.13. The molecule has 1 heterocycles. The number of hydrogen-bond donors (Lipinski definition) is 1. The largest absolute Gasteiger partial charge is 0.480 e. The van der Waals surface area contributed by atoms with E-state index in [1.54, 1.807) is 24.3 Å². The maximum absolute atomic E-state index is 12.0. The molecule has 2 rings (SSSR count). The Bertz CT molecular complexity index is 508. The van der Waals surface area contributed by atoms with E-state index in [0.717, 1.165) is 4.90 Å². The minimum absolute atomic E-state index is 0.183. The Kier molecular flexibility index (Phi) is 3.85. The van der Waals surface area contributed by atoms with Crippen molar-refractivity contribution in [2.45, 2.75) is 18.2 Å². The molecule has 0 saturated heterocycles.